The zero-order chi connectivity index (χ0) is 66.8. The van der Waals surface area contributed by atoms with Gasteiger partial charge in [-0.2, -0.15) is 0 Å². The first-order chi connectivity index (χ1) is 49.8. The van der Waals surface area contributed by atoms with Gasteiger partial charge < -0.3 is 0 Å². The maximum Gasteiger partial charge on any atom is 0.156 e. The quantitative estimate of drug-likeness (QED) is 0.224. The zero-order valence-corrected chi connectivity index (χ0v) is 66.5. The summed E-state index contributed by atoms with van der Waals surface area (Å²) in [6, 6.07) is 5.24. The average molecular weight is 1380 g/mol. The average Bonchev–Trinajstić information content (AvgIpc) is 0.696. The normalized spacial score (nSPS) is 53.8. The minimum absolute atomic E-state index is 0.365. The van der Waals surface area contributed by atoms with Gasteiger partial charge in [0.25, 0.3) is 0 Å². The Hall–Kier alpha value is -0.0151. The monoisotopic (exact) mass is 1380 g/mol. The molecular weight excluding hydrogens is 1220 g/mol. The Balaban J connectivity index is 0.703. The SMILES string of the molecule is CC(C)(C)C1CC2C3B(C4CCC(C5CC6CCCC7C8CCCC9CCCC(C(C5)C67)C98)CC4N2C2C(C4CCCCC4)CCCC2C2CCCCC2)C2CCC(C4CC5CCCC6C7CCCC8CCCC(C(C4)C56)C87)CC2N(C2C(C4CCCCC4)CCCC2C2CCCCC2)C3C1. The van der Waals surface area contributed by atoms with Crippen LogP contribution in [0.5, 0.6) is 0 Å². The fourth-order valence-corrected chi connectivity index (χ4v) is 39.5. The molecule has 0 spiro atoms. The Kier molecular flexibility index (Phi) is 19.5. The summed E-state index contributed by atoms with van der Waals surface area (Å²) < 4.78 is 0. The molecule has 0 N–H and O–H groups in total. The third-order valence-electron chi connectivity index (χ3n) is 42.3. The van der Waals surface area contributed by atoms with E-state index in [9.17, 15) is 0 Å². The molecule has 0 amide bonds. The molecule has 0 aromatic rings. The second-order valence-corrected chi connectivity index (χ2v) is 46.1. The van der Waals surface area contributed by atoms with Gasteiger partial charge in [0.15, 0.2) is 6.71 Å². The van der Waals surface area contributed by atoms with Gasteiger partial charge in [-0.25, -0.2) is 0 Å². The molecule has 3 heteroatoms. The Morgan fingerprint density at radius 2 is 0.495 bits per heavy atom. The molecule has 0 bridgehead atoms. The summed E-state index contributed by atoms with van der Waals surface area (Å²) in [4.78, 5) is 7.97. The standard InChI is InChI=1S/C98H159BN2/c1-98(2,3)72-58-89-95-90(59-72)101(97-75(62-28-12-6-13-29-62)40-23-41-76(97)63-30-14-7-15-31-63)88-57-67(71-53-69-37-21-45-80-78-43-17-33-65-35-19-47-82(92(65)78)84(55-71)94(69)80)49-51-86(88)99(95)85-50-48-66(70-52-68-36-20-44-79-77-42-16-32-64-34-18-46-81(91(64)77)83(54-70)93(68)79)56-87(85)100(89)96-73(60-24-8-4-9-25-60)38-22-39-74(96)61-26-10-5-11-27-61/h60-97H,4-59H2,1-3H3. The maximum atomic E-state index is 3.98. The van der Waals surface area contributed by atoms with E-state index in [4.69, 9.17) is 0 Å². The summed E-state index contributed by atoms with van der Waals surface area (Å²) in [5, 5.41) is 0. The highest BCUT2D eigenvalue weighted by molar-refractivity contribution is 6.65. The highest BCUT2D eigenvalue weighted by atomic mass is 15.3. The lowest BCUT2D eigenvalue weighted by Gasteiger charge is -2.72. The van der Waals surface area contributed by atoms with Crippen LogP contribution in [0.2, 0.25) is 17.5 Å². The third kappa shape index (κ3) is 11.9. The maximum absolute atomic E-state index is 3.98. The van der Waals surface area contributed by atoms with Gasteiger partial charge in [0, 0.05) is 36.3 Å². The van der Waals surface area contributed by atoms with Crippen molar-refractivity contribution in [2.75, 3.05) is 0 Å². The lowest BCUT2D eigenvalue weighted by molar-refractivity contribution is -0.157. The van der Waals surface area contributed by atoms with Crippen LogP contribution in [0.15, 0.2) is 0 Å². The largest absolute Gasteiger partial charge is 0.295 e. The second-order valence-electron chi connectivity index (χ2n) is 46.1. The topological polar surface area (TPSA) is 6.48 Å². The molecule has 0 aromatic carbocycles. The fraction of sp³-hybridized carbons (Fsp3) is 1.00. The molecule has 30 unspecified atom stereocenters. The molecule has 2 nitrogen and oxygen atoms in total. The molecule has 21 fully saturated rings. The van der Waals surface area contributed by atoms with Crippen molar-refractivity contribution in [2.24, 2.45) is 177 Å². The molecule has 101 heavy (non-hydrogen) atoms. The Morgan fingerprint density at radius 3 is 0.832 bits per heavy atom. The Labute approximate surface area is 623 Å². The van der Waals surface area contributed by atoms with Crippen molar-refractivity contribution >= 4 is 6.71 Å². The van der Waals surface area contributed by atoms with E-state index in [0.29, 0.717) is 5.41 Å². The van der Waals surface area contributed by atoms with E-state index < -0.39 is 0 Å². The van der Waals surface area contributed by atoms with Gasteiger partial charge in [0.2, 0.25) is 0 Å². The van der Waals surface area contributed by atoms with Crippen LogP contribution >= 0.6 is 0 Å². The third-order valence-corrected chi connectivity index (χ3v) is 42.3. The van der Waals surface area contributed by atoms with E-state index in [0.717, 1.165) is 232 Å². The number of hydrogen-bond acceptors (Lipinski definition) is 2. The summed E-state index contributed by atoms with van der Waals surface area (Å²) in [6.07, 6.45) is 90.3. The zero-order valence-electron chi connectivity index (χ0n) is 66.5. The van der Waals surface area contributed by atoms with Crippen LogP contribution in [0.1, 0.15) is 380 Å². The minimum Gasteiger partial charge on any atom is -0.295 e. The van der Waals surface area contributed by atoms with Gasteiger partial charge in [0.1, 0.15) is 0 Å². The van der Waals surface area contributed by atoms with Gasteiger partial charge in [-0.1, -0.05) is 265 Å². The molecule has 564 valence electrons. The first-order valence-electron chi connectivity index (χ1n) is 49.3. The highest BCUT2D eigenvalue weighted by Gasteiger charge is 2.70. The first-order valence-corrected chi connectivity index (χ1v) is 49.3. The van der Waals surface area contributed by atoms with E-state index in [-0.39, 0.29) is 0 Å². The predicted molar refractivity (Wildman–Crippen MR) is 423 cm³/mol. The van der Waals surface area contributed by atoms with Crippen molar-refractivity contribution < 1.29 is 0 Å². The number of hydrogen-bond donors (Lipinski definition) is 0. The molecule has 0 aromatic heterocycles. The van der Waals surface area contributed by atoms with Crippen molar-refractivity contribution in [1.82, 2.24) is 9.80 Å². The smallest absolute Gasteiger partial charge is 0.156 e. The molecule has 21 aliphatic rings. The van der Waals surface area contributed by atoms with Crippen LogP contribution in [0.3, 0.4) is 0 Å². The van der Waals surface area contributed by atoms with Crippen molar-refractivity contribution in [2.45, 2.75) is 434 Å². The van der Waals surface area contributed by atoms with Crippen molar-refractivity contribution in [3.63, 3.8) is 0 Å². The van der Waals surface area contributed by atoms with Gasteiger partial charge >= 0.3 is 0 Å². The highest BCUT2D eigenvalue weighted by Crippen LogP contribution is 2.73. The first kappa shape index (κ1) is 69.0. The minimum atomic E-state index is 0.365. The van der Waals surface area contributed by atoms with Crippen molar-refractivity contribution in [3.8, 4) is 0 Å². The number of fused-ring (bicyclic) bond motifs is 8. The number of nitrogens with zero attached hydrogens (tertiary/aromatic N) is 2. The van der Waals surface area contributed by atoms with Crippen LogP contribution in [0.25, 0.3) is 0 Å². The Bertz CT molecular complexity index is 2540. The Morgan fingerprint density at radius 1 is 0.208 bits per heavy atom. The molecule has 2 heterocycles. The molecule has 0 radical (unpaired) electrons. The molecule has 19 aliphatic carbocycles. The number of rotatable bonds is 8. The van der Waals surface area contributed by atoms with Crippen molar-refractivity contribution in [3.05, 3.63) is 0 Å². The van der Waals surface area contributed by atoms with E-state index >= 15 is 0 Å². The molecule has 2 saturated heterocycles. The van der Waals surface area contributed by atoms with Crippen molar-refractivity contribution in [1.29, 1.82) is 0 Å². The molecule has 19 saturated carbocycles. The molecular formula is C98H159BN2. The molecule has 30 atom stereocenters. The van der Waals surface area contributed by atoms with Crippen LogP contribution < -0.4 is 0 Å². The summed E-state index contributed by atoms with van der Waals surface area (Å²) in [6.45, 7) is 9.61. The van der Waals surface area contributed by atoms with Crippen LogP contribution in [-0.4, -0.2) is 52.8 Å². The fourth-order valence-electron chi connectivity index (χ4n) is 39.5. The van der Waals surface area contributed by atoms with Gasteiger partial charge in [-0.15, -0.1) is 0 Å². The summed E-state index contributed by atoms with van der Waals surface area (Å²) in [5.74, 6) is 33.8. The predicted octanol–water partition coefficient (Wildman–Crippen LogP) is 26.5. The van der Waals surface area contributed by atoms with E-state index in [1.54, 1.807) is 360 Å². The van der Waals surface area contributed by atoms with E-state index in [2.05, 4.69) is 30.6 Å². The van der Waals surface area contributed by atoms with E-state index in [1.807, 2.05) is 0 Å². The van der Waals surface area contributed by atoms with Crippen LogP contribution in [-0.2, 0) is 0 Å². The molecule has 2 aliphatic heterocycles. The summed E-state index contributed by atoms with van der Waals surface area (Å²) in [5.41, 5.74) is 0.365. The molecule has 21 rings (SSSR count). The van der Waals surface area contributed by atoms with Gasteiger partial charge in [0.05, 0.1) is 0 Å². The lowest BCUT2D eigenvalue weighted by Crippen LogP contribution is -2.77. The lowest BCUT2D eigenvalue weighted by atomic mass is 9.18. The summed E-state index contributed by atoms with van der Waals surface area (Å²) >= 11 is 0. The summed E-state index contributed by atoms with van der Waals surface area (Å²) in [7, 11) is 0. The van der Waals surface area contributed by atoms with Gasteiger partial charge in [-0.3, -0.25) is 9.80 Å². The second kappa shape index (κ2) is 28.6. The van der Waals surface area contributed by atoms with Gasteiger partial charge in [-0.05, 0) is 310 Å². The van der Waals surface area contributed by atoms with E-state index in [1.165, 1.54) is 0 Å². The van der Waals surface area contributed by atoms with Crippen LogP contribution in [0, 0.1) is 177 Å². The van der Waals surface area contributed by atoms with Crippen LogP contribution in [0.4, 0.5) is 0 Å².